The number of rotatable bonds is 5. The second-order valence-corrected chi connectivity index (χ2v) is 8.02. The molecule has 1 N–H and O–H groups in total. The van der Waals surface area contributed by atoms with Crippen LogP contribution in [0.25, 0.3) is 0 Å². The van der Waals surface area contributed by atoms with Crippen molar-refractivity contribution in [3.05, 3.63) is 35.4 Å². The van der Waals surface area contributed by atoms with Gasteiger partial charge in [0, 0.05) is 33.2 Å². The van der Waals surface area contributed by atoms with Gasteiger partial charge in [-0.1, -0.05) is 37.6 Å². The van der Waals surface area contributed by atoms with Crippen molar-refractivity contribution in [1.29, 1.82) is 0 Å². The number of hydrogen-bond donors (Lipinski definition) is 1. The summed E-state index contributed by atoms with van der Waals surface area (Å²) in [7, 11) is 3.27. The molecule has 0 amide bonds. The zero-order chi connectivity index (χ0) is 19.9. The van der Waals surface area contributed by atoms with Gasteiger partial charge in [0.25, 0.3) is 0 Å². The number of carbonyl (C=O) groups is 1. The summed E-state index contributed by atoms with van der Waals surface area (Å²) in [5.74, 6) is 0.899. The van der Waals surface area contributed by atoms with Gasteiger partial charge in [0.2, 0.25) is 0 Å². The van der Waals surface area contributed by atoms with Crippen molar-refractivity contribution < 1.29 is 9.53 Å². The van der Waals surface area contributed by atoms with Crippen molar-refractivity contribution in [2.75, 3.05) is 40.3 Å². The van der Waals surface area contributed by atoms with Crippen molar-refractivity contribution in [1.82, 2.24) is 15.1 Å². The maximum atomic E-state index is 12.0. The van der Waals surface area contributed by atoms with Crippen molar-refractivity contribution in [2.45, 2.75) is 39.3 Å². The lowest BCUT2D eigenvalue weighted by Crippen LogP contribution is -2.40. The Morgan fingerprint density at radius 2 is 1.89 bits per heavy atom. The maximum Gasteiger partial charge on any atom is 0.310 e. The third-order valence-electron chi connectivity index (χ3n) is 6.03. The molecule has 0 aliphatic carbocycles. The van der Waals surface area contributed by atoms with Crippen LogP contribution in [0.1, 0.15) is 37.3 Å². The lowest BCUT2D eigenvalue weighted by molar-refractivity contribution is -0.145. The SMILES string of the molecule is CN=C(NCc1ccccc1CN1CCCCC1)N1CC(C)C(C(=O)OC)C1. The summed E-state index contributed by atoms with van der Waals surface area (Å²) in [5, 5.41) is 3.51. The molecule has 2 atom stereocenters. The summed E-state index contributed by atoms with van der Waals surface area (Å²) in [6, 6.07) is 8.66. The van der Waals surface area contributed by atoms with E-state index in [1.54, 1.807) is 7.05 Å². The highest BCUT2D eigenvalue weighted by Crippen LogP contribution is 2.24. The van der Waals surface area contributed by atoms with E-state index in [4.69, 9.17) is 4.74 Å². The van der Waals surface area contributed by atoms with Crippen LogP contribution in [0.15, 0.2) is 29.3 Å². The van der Waals surface area contributed by atoms with Crippen LogP contribution in [0.5, 0.6) is 0 Å². The molecule has 6 nitrogen and oxygen atoms in total. The van der Waals surface area contributed by atoms with Crippen LogP contribution in [0, 0.1) is 11.8 Å². The number of ether oxygens (including phenoxy) is 1. The predicted octanol–water partition coefficient (Wildman–Crippen LogP) is 2.49. The van der Waals surface area contributed by atoms with Gasteiger partial charge < -0.3 is 15.0 Å². The number of guanidine groups is 1. The molecule has 154 valence electrons. The first-order chi connectivity index (χ1) is 13.6. The van der Waals surface area contributed by atoms with Gasteiger partial charge in [-0.2, -0.15) is 0 Å². The Morgan fingerprint density at radius 1 is 1.18 bits per heavy atom. The normalized spacial score (nSPS) is 23.7. The predicted molar refractivity (Wildman–Crippen MR) is 112 cm³/mol. The van der Waals surface area contributed by atoms with E-state index in [-0.39, 0.29) is 17.8 Å². The lowest BCUT2D eigenvalue weighted by Gasteiger charge is -2.27. The number of benzene rings is 1. The number of methoxy groups -OCH3 is 1. The first-order valence-corrected chi connectivity index (χ1v) is 10.4. The van der Waals surface area contributed by atoms with Gasteiger partial charge >= 0.3 is 5.97 Å². The Hall–Kier alpha value is -2.08. The van der Waals surface area contributed by atoms with Crippen LogP contribution in [0.2, 0.25) is 0 Å². The van der Waals surface area contributed by atoms with Crippen LogP contribution >= 0.6 is 0 Å². The number of piperidine rings is 1. The first kappa shape index (κ1) is 20.6. The van der Waals surface area contributed by atoms with Crippen molar-refractivity contribution in [3.8, 4) is 0 Å². The number of hydrogen-bond acceptors (Lipinski definition) is 4. The molecule has 3 rings (SSSR count). The van der Waals surface area contributed by atoms with Gasteiger partial charge in [0.1, 0.15) is 0 Å². The molecule has 0 radical (unpaired) electrons. The molecule has 0 saturated carbocycles. The topological polar surface area (TPSA) is 57.2 Å². The van der Waals surface area contributed by atoms with Crippen LogP contribution in [-0.2, 0) is 22.6 Å². The van der Waals surface area contributed by atoms with E-state index >= 15 is 0 Å². The summed E-state index contributed by atoms with van der Waals surface area (Å²) in [4.78, 5) is 21.2. The number of likely N-dealkylation sites (tertiary alicyclic amines) is 2. The summed E-state index contributed by atoms with van der Waals surface area (Å²) >= 11 is 0. The fraction of sp³-hybridized carbons (Fsp3) is 0.636. The summed E-state index contributed by atoms with van der Waals surface area (Å²) in [6.45, 7) is 7.72. The van der Waals surface area contributed by atoms with E-state index in [2.05, 4.69) is 51.3 Å². The van der Waals surface area contributed by atoms with Crippen molar-refractivity contribution in [3.63, 3.8) is 0 Å². The minimum absolute atomic E-state index is 0.0880. The smallest absolute Gasteiger partial charge is 0.310 e. The number of carbonyl (C=O) groups excluding carboxylic acids is 1. The molecule has 2 saturated heterocycles. The molecular weight excluding hydrogens is 352 g/mol. The molecule has 0 aromatic heterocycles. The summed E-state index contributed by atoms with van der Waals surface area (Å²) in [5.41, 5.74) is 2.69. The zero-order valence-corrected chi connectivity index (χ0v) is 17.5. The zero-order valence-electron chi connectivity index (χ0n) is 17.5. The molecule has 28 heavy (non-hydrogen) atoms. The molecule has 0 spiro atoms. The van der Waals surface area contributed by atoms with Gasteiger partial charge in [-0.05, 0) is 43.0 Å². The van der Waals surface area contributed by atoms with Crippen LogP contribution in [0.3, 0.4) is 0 Å². The molecule has 1 aromatic carbocycles. The average molecular weight is 387 g/mol. The Balaban J connectivity index is 1.60. The second kappa shape index (κ2) is 9.92. The van der Waals surface area contributed by atoms with E-state index in [1.807, 2.05) is 0 Å². The average Bonchev–Trinajstić information content (AvgIpc) is 3.11. The lowest BCUT2D eigenvalue weighted by atomic mass is 9.99. The van der Waals surface area contributed by atoms with E-state index in [0.29, 0.717) is 6.54 Å². The molecule has 2 aliphatic rings. The minimum Gasteiger partial charge on any atom is -0.469 e. The largest absolute Gasteiger partial charge is 0.469 e. The Kier molecular flexibility index (Phi) is 7.31. The summed E-state index contributed by atoms with van der Waals surface area (Å²) in [6.07, 6.45) is 3.97. The van der Waals surface area contributed by atoms with Crippen LogP contribution in [0.4, 0.5) is 0 Å². The van der Waals surface area contributed by atoms with E-state index in [9.17, 15) is 4.79 Å². The van der Waals surface area contributed by atoms with Gasteiger partial charge in [-0.3, -0.25) is 14.7 Å². The van der Waals surface area contributed by atoms with E-state index in [0.717, 1.165) is 25.6 Å². The quantitative estimate of drug-likeness (QED) is 0.479. The second-order valence-electron chi connectivity index (χ2n) is 8.02. The standard InChI is InChI=1S/C22H34N4O2/c1-17-14-26(16-20(17)21(27)28-3)22(23-2)24-13-18-9-5-6-10-19(18)15-25-11-7-4-8-12-25/h5-6,9-10,17,20H,4,7-8,11-16H2,1-3H3,(H,23,24). The minimum atomic E-state index is -0.127. The molecule has 2 heterocycles. The van der Waals surface area contributed by atoms with Gasteiger partial charge in [0.05, 0.1) is 13.0 Å². The highest BCUT2D eigenvalue weighted by Gasteiger charge is 2.36. The van der Waals surface area contributed by atoms with Crippen molar-refractivity contribution >= 4 is 11.9 Å². The van der Waals surface area contributed by atoms with Gasteiger partial charge in [-0.15, -0.1) is 0 Å². The molecular formula is C22H34N4O2. The maximum absolute atomic E-state index is 12.0. The monoisotopic (exact) mass is 386 g/mol. The van der Waals surface area contributed by atoms with E-state index in [1.165, 1.54) is 50.6 Å². The molecule has 2 fully saturated rings. The number of nitrogens with one attached hydrogen (secondary N) is 1. The molecule has 6 heteroatoms. The number of aliphatic imine (C=N–C) groups is 1. The van der Waals surface area contributed by atoms with Crippen LogP contribution < -0.4 is 5.32 Å². The fourth-order valence-electron chi connectivity index (χ4n) is 4.35. The Bertz CT molecular complexity index is 685. The highest BCUT2D eigenvalue weighted by molar-refractivity contribution is 5.82. The van der Waals surface area contributed by atoms with Gasteiger partial charge in [0.15, 0.2) is 5.96 Å². The van der Waals surface area contributed by atoms with E-state index < -0.39 is 0 Å². The third-order valence-corrected chi connectivity index (χ3v) is 6.03. The van der Waals surface area contributed by atoms with Crippen LogP contribution in [-0.4, -0.2) is 62.1 Å². The third kappa shape index (κ3) is 5.04. The van der Waals surface area contributed by atoms with Gasteiger partial charge in [-0.25, -0.2) is 0 Å². The fourth-order valence-corrected chi connectivity index (χ4v) is 4.35. The summed E-state index contributed by atoms with van der Waals surface area (Å²) < 4.78 is 4.95. The highest BCUT2D eigenvalue weighted by atomic mass is 16.5. The molecule has 2 aliphatic heterocycles. The molecule has 2 unspecified atom stereocenters. The number of nitrogens with zero attached hydrogens (tertiary/aromatic N) is 3. The molecule has 0 bridgehead atoms. The van der Waals surface area contributed by atoms with Crippen molar-refractivity contribution in [2.24, 2.45) is 16.8 Å². The Labute approximate surface area is 168 Å². The first-order valence-electron chi connectivity index (χ1n) is 10.4. The Morgan fingerprint density at radius 3 is 2.57 bits per heavy atom. The molecule has 1 aromatic rings. The number of esters is 1.